The highest BCUT2D eigenvalue weighted by atomic mass is 16.5. The summed E-state index contributed by atoms with van der Waals surface area (Å²) in [5, 5.41) is 3.38. The van der Waals surface area contributed by atoms with Gasteiger partial charge in [0.05, 0.1) is 12.2 Å². The van der Waals surface area contributed by atoms with E-state index in [2.05, 4.69) is 37.9 Å². The van der Waals surface area contributed by atoms with Gasteiger partial charge in [0.2, 0.25) is 0 Å². The SMILES string of the molecule is CCNCCC(C)N1CCOC(C)(C)C1. The second-order valence-electron chi connectivity index (χ2n) is 5.07. The Labute approximate surface area is 94.2 Å². The van der Waals surface area contributed by atoms with Gasteiger partial charge >= 0.3 is 0 Å². The van der Waals surface area contributed by atoms with Crippen LogP contribution in [-0.4, -0.2) is 49.3 Å². The number of nitrogens with one attached hydrogen (secondary N) is 1. The summed E-state index contributed by atoms with van der Waals surface area (Å²) in [4.78, 5) is 2.54. The molecule has 1 saturated heterocycles. The molecule has 0 radical (unpaired) electrons. The van der Waals surface area contributed by atoms with Crippen molar-refractivity contribution in [2.45, 2.75) is 45.8 Å². The van der Waals surface area contributed by atoms with Gasteiger partial charge in [0, 0.05) is 19.1 Å². The van der Waals surface area contributed by atoms with Gasteiger partial charge in [0.25, 0.3) is 0 Å². The van der Waals surface area contributed by atoms with Crippen LogP contribution in [0.3, 0.4) is 0 Å². The Bertz CT molecular complexity index is 182. The molecule has 1 unspecified atom stereocenters. The maximum Gasteiger partial charge on any atom is 0.0753 e. The first-order chi connectivity index (χ1) is 7.05. The molecule has 0 aromatic carbocycles. The number of rotatable bonds is 5. The third-order valence-electron chi connectivity index (χ3n) is 3.07. The van der Waals surface area contributed by atoms with E-state index in [4.69, 9.17) is 4.74 Å². The molecule has 1 aliphatic heterocycles. The monoisotopic (exact) mass is 214 g/mol. The van der Waals surface area contributed by atoms with Crippen LogP contribution in [0.4, 0.5) is 0 Å². The molecule has 1 N–H and O–H groups in total. The summed E-state index contributed by atoms with van der Waals surface area (Å²) in [6, 6.07) is 0.659. The van der Waals surface area contributed by atoms with Gasteiger partial charge in [-0.1, -0.05) is 6.92 Å². The Hall–Kier alpha value is -0.120. The lowest BCUT2D eigenvalue weighted by molar-refractivity contribution is -0.0958. The van der Waals surface area contributed by atoms with E-state index in [1.807, 2.05) is 0 Å². The quantitative estimate of drug-likeness (QED) is 0.702. The standard InChI is InChI=1S/C12H26N2O/c1-5-13-7-6-11(2)14-8-9-15-12(3,4)10-14/h11,13H,5-10H2,1-4H3. The van der Waals surface area contributed by atoms with Gasteiger partial charge in [-0.05, 0) is 40.3 Å². The van der Waals surface area contributed by atoms with Crippen molar-refractivity contribution in [2.75, 3.05) is 32.8 Å². The van der Waals surface area contributed by atoms with Crippen molar-refractivity contribution in [1.29, 1.82) is 0 Å². The van der Waals surface area contributed by atoms with Gasteiger partial charge in [0.1, 0.15) is 0 Å². The van der Waals surface area contributed by atoms with Crippen LogP contribution < -0.4 is 5.32 Å². The molecule has 0 amide bonds. The Morgan fingerprint density at radius 1 is 1.47 bits per heavy atom. The van der Waals surface area contributed by atoms with Crippen LogP contribution in [0.15, 0.2) is 0 Å². The average molecular weight is 214 g/mol. The predicted octanol–water partition coefficient (Wildman–Crippen LogP) is 1.49. The molecule has 0 aliphatic carbocycles. The smallest absolute Gasteiger partial charge is 0.0753 e. The molecule has 1 atom stereocenters. The zero-order chi connectivity index (χ0) is 11.3. The minimum atomic E-state index is 0.0324. The first-order valence-electron chi connectivity index (χ1n) is 6.14. The second-order valence-corrected chi connectivity index (χ2v) is 5.07. The van der Waals surface area contributed by atoms with Crippen molar-refractivity contribution in [3.8, 4) is 0 Å². The maximum absolute atomic E-state index is 5.71. The Morgan fingerprint density at radius 3 is 2.80 bits per heavy atom. The van der Waals surface area contributed by atoms with Gasteiger partial charge in [-0.3, -0.25) is 4.90 Å². The lowest BCUT2D eigenvalue weighted by Gasteiger charge is -2.41. The van der Waals surface area contributed by atoms with E-state index in [9.17, 15) is 0 Å². The highest BCUT2D eigenvalue weighted by Gasteiger charge is 2.29. The van der Waals surface area contributed by atoms with Crippen molar-refractivity contribution < 1.29 is 4.74 Å². The molecule has 1 aliphatic rings. The third kappa shape index (κ3) is 4.49. The molecule has 3 nitrogen and oxygen atoms in total. The van der Waals surface area contributed by atoms with E-state index in [-0.39, 0.29) is 5.60 Å². The van der Waals surface area contributed by atoms with E-state index in [1.54, 1.807) is 0 Å². The summed E-state index contributed by atoms with van der Waals surface area (Å²) in [7, 11) is 0. The Morgan fingerprint density at radius 2 is 2.20 bits per heavy atom. The van der Waals surface area contributed by atoms with Crippen molar-refractivity contribution in [1.82, 2.24) is 10.2 Å². The molecule has 1 heterocycles. The maximum atomic E-state index is 5.71. The van der Waals surface area contributed by atoms with Crippen molar-refractivity contribution in [3.05, 3.63) is 0 Å². The predicted molar refractivity (Wildman–Crippen MR) is 64.2 cm³/mol. The van der Waals surface area contributed by atoms with Crippen LogP contribution in [0.2, 0.25) is 0 Å². The molecule has 0 aromatic heterocycles. The molecule has 0 aromatic rings. The van der Waals surface area contributed by atoms with Gasteiger partial charge in [-0.25, -0.2) is 0 Å². The fourth-order valence-electron chi connectivity index (χ4n) is 2.10. The largest absolute Gasteiger partial charge is 0.373 e. The molecule has 90 valence electrons. The van der Waals surface area contributed by atoms with Crippen LogP contribution in [-0.2, 0) is 4.74 Å². The van der Waals surface area contributed by atoms with Crippen LogP contribution >= 0.6 is 0 Å². The molecule has 0 bridgehead atoms. The van der Waals surface area contributed by atoms with Crippen LogP contribution in [0.25, 0.3) is 0 Å². The second kappa shape index (κ2) is 5.83. The molecule has 0 spiro atoms. The first kappa shape index (κ1) is 12.9. The fourth-order valence-corrected chi connectivity index (χ4v) is 2.10. The van der Waals surface area contributed by atoms with E-state index in [1.165, 1.54) is 6.42 Å². The van der Waals surface area contributed by atoms with E-state index in [0.717, 1.165) is 32.8 Å². The summed E-state index contributed by atoms with van der Waals surface area (Å²) < 4.78 is 5.71. The molecular weight excluding hydrogens is 188 g/mol. The minimum absolute atomic E-state index is 0.0324. The fraction of sp³-hybridized carbons (Fsp3) is 1.00. The lowest BCUT2D eigenvalue weighted by atomic mass is 10.0. The summed E-state index contributed by atoms with van der Waals surface area (Å²) >= 11 is 0. The number of ether oxygens (including phenoxy) is 1. The van der Waals surface area contributed by atoms with E-state index in [0.29, 0.717) is 6.04 Å². The van der Waals surface area contributed by atoms with Crippen LogP contribution in [0, 0.1) is 0 Å². The minimum Gasteiger partial charge on any atom is -0.373 e. The Balaban J connectivity index is 2.29. The molecular formula is C12H26N2O. The summed E-state index contributed by atoms with van der Waals surface area (Å²) in [6.45, 7) is 14.0. The van der Waals surface area contributed by atoms with E-state index < -0.39 is 0 Å². The normalized spacial score (nSPS) is 24.0. The average Bonchev–Trinajstić information content (AvgIpc) is 2.16. The summed E-state index contributed by atoms with van der Waals surface area (Å²) in [5.41, 5.74) is 0.0324. The van der Waals surface area contributed by atoms with Crippen molar-refractivity contribution >= 4 is 0 Å². The molecule has 1 fully saturated rings. The highest BCUT2D eigenvalue weighted by Crippen LogP contribution is 2.19. The first-order valence-corrected chi connectivity index (χ1v) is 6.14. The van der Waals surface area contributed by atoms with Gasteiger partial charge < -0.3 is 10.1 Å². The number of nitrogens with zero attached hydrogens (tertiary/aromatic N) is 1. The number of morpholine rings is 1. The zero-order valence-electron chi connectivity index (χ0n) is 10.7. The third-order valence-corrected chi connectivity index (χ3v) is 3.07. The Kier molecular flexibility index (Phi) is 5.03. The van der Waals surface area contributed by atoms with Crippen LogP contribution in [0.5, 0.6) is 0 Å². The van der Waals surface area contributed by atoms with Gasteiger partial charge in [-0.15, -0.1) is 0 Å². The highest BCUT2D eigenvalue weighted by molar-refractivity contribution is 4.82. The van der Waals surface area contributed by atoms with Crippen molar-refractivity contribution in [2.24, 2.45) is 0 Å². The summed E-state index contributed by atoms with van der Waals surface area (Å²) in [5.74, 6) is 0. The van der Waals surface area contributed by atoms with Crippen molar-refractivity contribution in [3.63, 3.8) is 0 Å². The number of hydrogen-bond donors (Lipinski definition) is 1. The van der Waals surface area contributed by atoms with Gasteiger partial charge in [-0.2, -0.15) is 0 Å². The molecule has 15 heavy (non-hydrogen) atoms. The zero-order valence-corrected chi connectivity index (χ0v) is 10.7. The van der Waals surface area contributed by atoms with Crippen LogP contribution in [0.1, 0.15) is 34.1 Å². The lowest BCUT2D eigenvalue weighted by Crippen LogP contribution is -2.51. The summed E-state index contributed by atoms with van der Waals surface area (Å²) in [6.07, 6.45) is 1.23. The molecule has 1 rings (SSSR count). The molecule has 3 heteroatoms. The topological polar surface area (TPSA) is 24.5 Å². The van der Waals surface area contributed by atoms with E-state index >= 15 is 0 Å². The number of hydrogen-bond acceptors (Lipinski definition) is 3. The molecule has 0 saturated carbocycles. The van der Waals surface area contributed by atoms with Gasteiger partial charge in [0.15, 0.2) is 0 Å².